The van der Waals surface area contributed by atoms with E-state index in [0.717, 1.165) is 31.9 Å². The number of hydrogen-bond acceptors (Lipinski definition) is 4. The molecular weight excluding hydrogens is 180 g/mol. The second-order valence-electron chi connectivity index (χ2n) is 3.09. The minimum Gasteiger partial charge on any atom is -0.383 e. The fraction of sp³-hybridized carbons (Fsp3) is 0.778. The van der Waals surface area contributed by atoms with Crippen LogP contribution in [-0.2, 0) is 17.8 Å². The fourth-order valence-electron chi connectivity index (χ4n) is 1.08. The molecule has 0 radical (unpaired) electrons. The number of methoxy groups -OCH3 is 1. The van der Waals surface area contributed by atoms with Crippen molar-refractivity contribution in [3.8, 4) is 0 Å². The van der Waals surface area contributed by atoms with Crippen molar-refractivity contribution in [2.24, 2.45) is 0 Å². The Morgan fingerprint density at radius 2 is 2.43 bits per heavy atom. The molecule has 0 saturated heterocycles. The Morgan fingerprint density at radius 1 is 1.57 bits per heavy atom. The first kappa shape index (κ1) is 11.1. The summed E-state index contributed by atoms with van der Waals surface area (Å²) in [6.07, 6.45) is 2.87. The Kier molecular flexibility index (Phi) is 5.17. The molecule has 1 rings (SSSR count). The first-order valence-electron chi connectivity index (χ1n) is 4.94. The predicted molar refractivity (Wildman–Crippen MR) is 53.9 cm³/mol. The lowest BCUT2D eigenvalue weighted by Gasteiger charge is -1.99. The molecule has 0 amide bonds. The summed E-state index contributed by atoms with van der Waals surface area (Å²) >= 11 is 0. The molecule has 80 valence electrons. The summed E-state index contributed by atoms with van der Waals surface area (Å²) in [5, 5.41) is 7.53. The van der Waals surface area contributed by atoms with Gasteiger partial charge >= 0.3 is 0 Å². The minimum atomic E-state index is 0.672. The third kappa shape index (κ3) is 3.85. The highest BCUT2D eigenvalue weighted by molar-refractivity contribution is 4.80. The summed E-state index contributed by atoms with van der Waals surface area (Å²) in [7, 11) is 1.68. The molecule has 0 spiro atoms. The van der Waals surface area contributed by atoms with E-state index in [1.165, 1.54) is 0 Å². The molecule has 0 saturated carbocycles. The highest BCUT2D eigenvalue weighted by Gasteiger charge is 1.98. The predicted octanol–water partition coefficient (Wildman–Crippen LogP) is 0.424. The number of rotatable bonds is 7. The SMILES string of the molecule is CCCNCc1ncn(CCOC)n1. The van der Waals surface area contributed by atoms with Gasteiger partial charge in [0.1, 0.15) is 6.33 Å². The van der Waals surface area contributed by atoms with E-state index in [-0.39, 0.29) is 0 Å². The molecule has 0 bridgehead atoms. The van der Waals surface area contributed by atoms with Crippen LogP contribution in [0.2, 0.25) is 0 Å². The van der Waals surface area contributed by atoms with Crippen molar-refractivity contribution in [1.82, 2.24) is 20.1 Å². The summed E-state index contributed by atoms with van der Waals surface area (Å²) in [6.45, 7) is 5.32. The molecule has 0 fully saturated rings. The van der Waals surface area contributed by atoms with Crippen LogP contribution in [0.1, 0.15) is 19.2 Å². The van der Waals surface area contributed by atoms with Crippen molar-refractivity contribution in [3.05, 3.63) is 12.2 Å². The summed E-state index contributed by atoms with van der Waals surface area (Å²) in [5.41, 5.74) is 0. The zero-order valence-electron chi connectivity index (χ0n) is 8.86. The number of aromatic nitrogens is 3. The highest BCUT2D eigenvalue weighted by atomic mass is 16.5. The third-order valence-electron chi connectivity index (χ3n) is 1.82. The average Bonchev–Trinajstić information content (AvgIpc) is 2.63. The maximum absolute atomic E-state index is 4.95. The maximum Gasteiger partial charge on any atom is 0.164 e. The first-order chi connectivity index (χ1) is 6.86. The van der Waals surface area contributed by atoms with Crippen LogP contribution in [0.15, 0.2) is 6.33 Å². The first-order valence-corrected chi connectivity index (χ1v) is 4.94. The topological polar surface area (TPSA) is 52.0 Å². The Morgan fingerprint density at radius 3 is 3.14 bits per heavy atom. The molecule has 0 atom stereocenters. The van der Waals surface area contributed by atoms with Crippen LogP contribution in [0.5, 0.6) is 0 Å². The van der Waals surface area contributed by atoms with Gasteiger partial charge in [0.05, 0.1) is 19.7 Å². The summed E-state index contributed by atoms with van der Waals surface area (Å²) in [6, 6.07) is 0. The number of nitrogens with zero attached hydrogens (tertiary/aromatic N) is 3. The molecule has 0 aliphatic carbocycles. The van der Waals surface area contributed by atoms with Gasteiger partial charge in [0.15, 0.2) is 5.82 Å². The van der Waals surface area contributed by atoms with Gasteiger partial charge < -0.3 is 10.1 Å². The second-order valence-corrected chi connectivity index (χ2v) is 3.09. The molecule has 1 aromatic heterocycles. The van der Waals surface area contributed by atoms with Crippen LogP contribution in [0.25, 0.3) is 0 Å². The Balaban J connectivity index is 2.27. The number of nitrogens with one attached hydrogen (secondary N) is 1. The zero-order chi connectivity index (χ0) is 10.2. The van der Waals surface area contributed by atoms with Crippen LogP contribution in [0.4, 0.5) is 0 Å². The molecule has 1 aromatic rings. The van der Waals surface area contributed by atoms with E-state index in [4.69, 9.17) is 4.74 Å². The second kappa shape index (κ2) is 6.50. The Labute approximate surface area is 84.5 Å². The fourth-order valence-corrected chi connectivity index (χ4v) is 1.08. The number of ether oxygens (including phenoxy) is 1. The van der Waals surface area contributed by atoms with E-state index in [1.54, 1.807) is 18.1 Å². The van der Waals surface area contributed by atoms with Crippen LogP contribution < -0.4 is 5.32 Å². The van der Waals surface area contributed by atoms with Gasteiger partial charge in [-0.1, -0.05) is 6.92 Å². The quantitative estimate of drug-likeness (QED) is 0.645. The van der Waals surface area contributed by atoms with E-state index >= 15 is 0 Å². The molecule has 1 N–H and O–H groups in total. The Hall–Kier alpha value is -0.940. The smallest absolute Gasteiger partial charge is 0.164 e. The van der Waals surface area contributed by atoms with E-state index < -0.39 is 0 Å². The normalized spacial score (nSPS) is 10.7. The molecule has 0 unspecified atom stereocenters. The lowest BCUT2D eigenvalue weighted by molar-refractivity contribution is 0.183. The average molecular weight is 198 g/mol. The molecular formula is C9H18N4O. The van der Waals surface area contributed by atoms with Gasteiger partial charge in [0, 0.05) is 7.11 Å². The van der Waals surface area contributed by atoms with Crippen LogP contribution in [0.3, 0.4) is 0 Å². The van der Waals surface area contributed by atoms with Crippen molar-refractivity contribution in [2.75, 3.05) is 20.3 Å². The monoisotopic (exact) mass is 198 g/mol. The van der Waals surface area contributed by atoms with Gasteiger partial charge in [-0.3, -0.25) is 4.68 Å². The van der Waals surface area contributed by atoms with Crippen molar-refractivity contribution < 1.29 is 4.74 Å². The molecule has 0 aliphatic rings. The summed E-state index contributed by atoms with van der Waals surface area (Å²) < 4.78 is 6.75. The van der Waals surface area contributed by atoms with E-state index in [9.17, 15) is 0 Å². The van der Waals surface area contributed by atoms with Crippen molar-refractivity contribution in [2.45, 2.75) is 26.4 Å². The molecule has 0 aromatic carbocycles. The van der Waals surface area contributed by atoms with Crippen molar-refractivity contribution in [1.29, 1.82) is 0 Å². The molecule has 14 heavy (non-hydrogen) atoms. The molecule has 1 heterocycles. The van der Waals surface area contributed by atoms with Gasteiger partial charge in [0.25, 0.3) is 0 Å². The van der Waals surface area contributed by atoms with Crippen molar-refractivity contribution in [3.63, 3.8) is 0 Å². The van der Waals surface area contributed by atoms with Crippen LogP contribution >= 0.6 is 0 Å². The summed E-state index contributed by atoms with van der Waals surface area (Å²) in [5.74, 6) is 0.842. The summed E-state index contributed by atoms with van der Waals surface area (Å²) in [4.78, 5) is 4.17. The largest absolute Gasteiger partial charge is 0.383 e. The van der Waals surface area contributed by atoms with Crippen LogP contribution in [-0.4, -0.2) is 35.0 Å². The molecule has 0 aliphatic heterocycles. The number of hydrogen-bond donors (Lipinski definition) is 1. The molecule has 5 nitrogen and oxygen atoms in total. The van der Waals surface area contributed by atoms with E-state index in [1.807, 2.05) is 0 Å². The molecule has 5 heteroatoms. The minimum absolute atomic E-state index is 0.672. The zero-order valence-corrected chi connectivity index (χ0v) is 8.86. The van der Waals surface area contributed by atoms with E-state index in [2.05, 4.69) is 22.3 Å². The van der Waals surface area contributed by atoms with Gasteiger partial charge in [-0.25, -0.2) is 4.98 Å². The highest BCUT2D eigenvalue weighted by Crippen LogP contribution is 1.89. The van der Waals surface area contributed by atoms with Gasteiger partial charge in [-0.2, -0.15) is 5.10 Å². The van der Waals surface area contributed by atoms with Crippen molar-refractivity contribution >= 4 is 0 Å². The third-order valence-corrected chi connectivity index (χ3v) is 1.82. The standard InChI is InChI=1S/C9H18N4O/c1-3-4-10-7-9-11-8-13(12-9)5-6-14-2/h8,10H,3-7H2,1-2H3. The van der Waals surface area contributed by atoms with Crippen LogP contribution in [0, 0.1) is 0 Å². The van der Waals surface area contributed by atoms with Gasteiger partial charge in [-0.15, -0.1) is 0 Å². The van der Waals surface area contributed by atoms with E-state index in [0.29, 0.717) is 6.61 Å². The van der Waals surface area contributed by atoms with Gasteiger partial charge in [-0.05, 0) is 13.0 Å². The lowest BCUT2D eigenvalue weighted by Crippen LogP contribution is -2.15. The van der Waals surface area contributed by atoms with Gasteiger partial charge in [0.2, 0.25) is 0 Å². The lowest BCUT2D eigenvalue weighted by atomic mass is 10.5. The Bertz CT molecular complexity index is 249. The maximum atomic E-state index is 4.95.